The minimum Gasteiger partial charge on any atom is -0.355 e. The lowest BCUT2D eigenvalue weighted by molar-refractivity contribution is -0.137. The van der Waals surface area contributed by atoms with Gasteiger partial charge < -0.3 is 10.2 Å². The SMILES string of the molecule is CC(C)c1nnc2ccc(N3CCC(C(=O)Nc4cccc(C(F)(F)F)c4)CC3)nn12. The number of aromatic nitrogens is 4. The molecule has 1 aliphatic rings. The van der Waals surface area contributed by atoms with Crippen molar-refractivity contribution in [2.45, 2.75) is 38.8 Å². The average Bonchev–Trinajstić information content (AvgIpc) is 3.17. The second-order valence-corrected chi connectivity index (χ2v) is 8.00. The first-order chi connectivity index (χ1) is 14.7. The summed E-state index contributed by atoms with van der Waals surface area (Å²) in [4.78, 5) is 14.7. The van der Waals surface area contributed by atoms with E-state index in [2.05, 4.69) is 25.5 Å². The van der Waals surface area contributed by atoms with E-state index >= 15 is 0 Å². The van der Waals surface area contributed by atoms with Gasteiger partial charge in [-0.1, -0.05) is 19.9 Å². The van der Waals surface area contributed by atoms with Crippen LogP contribution in [0.25, 0.3) is 5.65 Å². The Labute approximate surface area is 177 Å². The van der Waals surface area contributed by atoms with Gasteiger partial charge in [-0.2, -0.15) is 17.7 Å². The Bertz CT molecular complexity index is 1090. The first-order valence-corrected chi connectivity index (χ1v) is 10.2. The molecular weight excluding hydrogens is 409 g/mol. The molecule has 1 aliphatic heterocycles. The lowest BCUT2D eigenvalue weighted by Gasteiger charge is -2.32. The summed E-state index contributed by atoms with van der Waals surface area (Å²) in [5.41, 5.74) is 0.0577. The van der Waals surface area contributed by atoms with Gasteiger partial charge in [0.1, 0.15) is 5.82 Å². The van der Waals surface area contributed by atoms with Crippen molar-refractivity contribution in [1.29, 1.82) is 0 Å². The fraction of sp³-hybridized carbons (Fsp3) is 0.429. The van der Waals surface area contributed by atoms with Crippen molar-refractivity contribution in [3.05, 3.63) is 47.8 Å². The smallest absolute Gasteiger partial charge is 0.355 e. The van der Waals surface area contributed by atoms with Crippen molar-refractivity contribution in [1.82, 2.24) is 19.8 Å². The molecule has 2 aromatic heterocycles. The number of fused-ring (bicyclic) bond motifs is 1. The Kier molecular flexibility index (Phi) is 5.55. The van der Waals surface area contributed by atoms with E-state index in [-0.39, 0.29) is 23.4 Å². The molecular formula is C21H23F3N6O. The number of nitrogens with one attached hydrogen (secondary N) is 1. The van der Waals surface area contributed by atoms with Gasteiger partial charge in [0, 0.05) is 30.6 Å². The van der Waals surface area contributed by atoms with Gasteiger partial charge in [-0.05, 0) is 43.2 Å². The zero-order valence-electron chi connectivity index (χ0n) is 17.2. The number of halogens is 3. The monoisotopic (exact) mass is 432 g/mol. The summed E-state index contributed by atoms with van der Waals surface area (Å²) in [5.74, 6) is 1.22. The Hall–Kier alpha value is -3.17. The van der Waals surface area contributed by atoms with Gasteiger partial charge in [-0.15, -0.1) is 15.3 Å². The molecule has 31 heavy (non-hydrogen) atoms. The Morgan fingerprint density at radius 1 is 1.13 bits per heavy atom. The summed E-state index contributed by atoms with van der Waals surface area (Å²) >= 11 is 0. The normalized spacial score (nSPS) is 15.6. The third-order valence-corrected chi connectivity index (χ3v) is 5.44. The fourth-order valence-corrected chi connectivity index (χ4v) is 3.71. The van der Waals surface area contributed by atoms with Crippen molar-refractivity contribution in [2.24, 2.45) is 5.92 Å². The van der Waals surface area contributed by atoms with E-state index < -0.39 is 11.7 Å². The van der Waals surface area contributed by atoms with Gasteiger partial charge in [0.2, 0.25) is 5.91 Å². The highest BCUT2D eigenvalue weighted by atomic mass is 19.4. The summed E-state index contributed by atoms with van der Waals surface area (Å²) < 4.78 is 40.4. The molecule has 0 spiro atoms. The largest absolute Gasteiger partial charge is 0.416 e. The Morgan fingerprint density at radius 2 is 1.87 bits per heavy atom. The van der Waals surface area contributed by atoms with E-state index in [9.17, 15) is 18.0 Å². The van der Waals surface area contributed by atoms with Crippen molar-refractivity contribution < 1.29 is 18.0 Å². The summed E-state index contributed by atoms with van der Waals surface area (Å²) in [6.45, 7) is 5.30. The highest BCUT2D eigenvalue weighted by molar-refractivity contribution is 5.92. The molecule has 1 aromatic carbocycles. The molecule has 1 saturated heterocycles. The second-order valence-electron chi connectivity index (χ2n) is 8.00. The fourth-order valence-electron chi connectivity index (χ4n) is 3.71. The van der Waals surface area contributed by atoms with Crippen LogP contribution in [-0.2, 0) is 11.0 Å². The number of nitrogens with zero attached hydrogens (tertiary/aromatic N) is 5. The number of anilines is 2. The summed E-state index contributed by atoms with van der Waals surface area (Å²) in [7, 11) is 0. The van der Waals surface area contributed by atoms with Crippen molar-refractivity contribution in [2.75, 3.05) is 23.3 Å². The molecule has 0 bridgehead atoms. The van der Waals surface area contributed by atoms with Crippen LogP contribution in [0, 0.1) is 5.92 Å². The van der Waals surface area contributed by atoms with Crippen LogP contribution in [0.1, 0.15) is 44.0 Å². The number of piperidine rings is 1. The maximum atomic E-state index is 12.9. The van der Waals surface area contributed by atoms with E-state index in [1.807, 2.05) is 26.0 Å². The molecule has 7 nitrogen and oxygen atoms in total. The lowest BCUT2D eigenvalue weighted by atomic mass is 9.95. The van der Waals surface area contributed by atoms with Crippen LogP contribution in [0.15, 0.2) is 36.4 Å². The molecule has 0 unspecified atom stereocenters. The molecule has 3 heterocycles. The van der Waals surface area contributed by atoms with Crippen LogP contribution in [0.4, 0.5) is 24.7 Å². The number of rotatable bonds is 4. The maximum absolute atomic E-state index is 12.9. The predicted octanol–water partition coefficient (Wildman–Crippen LogP) is 4.12. The van der Waals surface area contributed by atoms with E-state index in [4.69, 9.17) is 0 Å². The van der Waals surface area contributed by atoms with Crippen LogP contribution < -0.4 is 10.2 Å². The summed E-state index contributed by atoms with van der Waals surface area (Å²) in [5, 5.41) is 15.6. The molecule has 0 saturated carbocycles. The maximum Gasteiger partial charge on any atom is 0.416 e. The first-order valence-electron chi connectivity index (χ1n) is 10.2. The average molecular weight is 432 g/mol. The van der Waals surface area contributed by atoms with Gasteiger partial charge >= 0.3 is 6.18 Å². The van der Waals surface area contributed by atoms with E-state index in [0.717, 1.165) is 23.8 Å². The molecule has 164 valence electrons. The highest BCUT2D eigenvalue weighted by Gasteiger charge is 2.31. The molecule has 1 fully saturated rings. The van der Waals surface area contributed by atoms with E-state index in [0.29, 0.717) is 31.6 Å². The van der Waals surface area contributed by atoms with Crippen molar-refractivity contribution >= 4 is 23.1 Å². The topological polar surface area (TPSA) is 75.4 Å². The molecule has 0 aliphatic carbocycles. The van der Waals surface area contributed by atoms with Crippen LogP contribution in [0.5, 0.6) is 0 Å². The molecule has 4 rings (SSSR count). The number of hydrogen-bond donors (Lipinski definition) is 1. The highest BCUT2D eigenvalue weighted by Crippen LogP contribution is 2.31. The number of amides is 1. The standard InChI is InChI=1S/C21H23F3N6O/c1-13(2)19-27-26-17-6-7-18(28-30(17)19)29-10-8-14(9-11-29)20(31)25-16-5-3-4-15(12-16)21(22,23)24/h3-7,12-14H,8-11H2,1-2H3,(H,25,31). The molecule has 3 aromatic rings. The lowest BCUT2D eigenvalue weighted by Crippen LogP contribution is -2.38. The molecule has 1 N–H and O–H groups in total. The molecule has 10 heteroatoms. The van der Waals surface area contributed by atoms with Crippen molar-refractivity contribution in [3.8, 4) is 0 Å². The summed E-state index contributed by atoms with van der Waals surface area (Å²) in [6.07, 6.45) is -3.27. The van der Waals surface area contributed by atoms with Crippen LogP contribution in [0.3, 0.4) is 0 Å². The Morgan fingerprint density at radius 3 is 2.55 bits per heavy atom. The number of benzene rings is 1. The van der Waals surface area contributed by atoms with Gasteiger partial charge in [0.15, 0.2) is 11.5 Å². The zero-order chi connectivity index (χ0) is 22.2. The van der Waals surface area contributed by atoms with Gasteiger partial charge in [0.05, 0.1) is 5.56 Å². The predicted molar refractivity (Wildman–Crippen MR) is 110 cm³/mol. The number of alkyl halides is 3. The van der Waals surface area contributed by atoms with Crippen LogP contribution in [-0.4, -0.2) is 38.8 Å². The number of hydrogen-bond acceptors (Lipinski definition) is 5. The van der Waals surface area contributed by atoms with Crippen LogP contribution >= 0.6 is 0 Å². The van der Waals surface area contributed by atoms with Gasteiger partial charge in [-0.25, -0.2) is 0 Å². The molecule has 1 amide bonds. The summed E-state index contributed by atoms with van der Waals surface area (Å²) in [6, 6.07) is 8.45. The molecule has 0 radical (unpaired) electrons. The minimum absolute atomic E-state index is 0.156. The zero-order valence-corrected chi connectivity index (χ0v) is 17.2. The minimum atomic E-state index is -4.44. The van der Waals surface area contributed by atoms with E-state index in [1.54, 1.807) is 4.52 Å². The quantitative estimate of drug-likeness (QED) is 0.671. The van der Waals surface area contributed by atoms with Crippen molar-refractivity contribution in [3.63, 3.8) is 0 Å². The van der Waals surface area contributed by atoms with Crippen LogP contribution in [0.2, 0.25) is 0 Å². The number of carbonyl (C=O) groups is 1. The third-order valence-electron chi connectivity index (χ3n) is 5.44. The third kappa shape index (κ3) is 4.47. The first kappa shape index (κ1) is 21.1. The van der Waals surface area contributed by atoms with Gasteiger partial charge in [-0.3, -0.25) is 4.79 Å². The Balaban J connectivity index is 1.40. The van der Waals surface area contributed by atoms with E-state index in [1.165, 1.54) is 12.1 Å². The number of carbonyl (C=O) groups excluding carboxylic acids is 1. The molecule has 0 atom stereocenters. The second kappa shape index (κ2) is 8.16. The van der Waals surface area contributed by atoms with Gasteiger partial charge in [0.25, 0.3) is 0 Å².